The van der Waals surface area contributed by atoms with Crippen molar-refractivity contribution >= 4 is 28.3 Å². The fourth-order valence-corrected chi connectivity index (χ4v) is 2.87. The number of rotatable bonds is 5. The Bertz CT molecular complexity index is 943. The molecule has 0 spiro atoms. The van der Waals surface area contributed by atoms with Gasteiger partial charge in [0.05, 0.1) is 17.0 Å². The van der Waals surface area contributed by atoms with Gasteiger partial charge >= 0.3 is 6.03 Å². The number of carbonyl (C=O) groups is 1. The highest BCUT2D eigenvalue weighted by molar-refractivity contribution is 6.01. The highest BCUT2D eigenvalue weighted by Gasteiger charge is 2.13. The number of amides is 2. The Balaban J connectivity index is 1.74. The van der Waals surface area contributed by atoms with Gasteiger partial charge in [-0.05, 0) is 55.7 Å². The average molecular weight is 366 g/mol. The van der Waals surface area contributed by atoms with Crippen LogP contribution in [-0.4, -0.2) is 21.9 Å². The molecule has 6 heteroatoms. The minimum atomic E-state index is -0.290. The van der Waals surface area contributed by atoms with Gasteiger partial charge in [0.25, 0.3) is 0 Å². The first-order valence-electron chi connectivity index (χ1n) is 9.15. The van der Waals surface area contributed by atoms with E-state index in [1.165, 1.54) is 5.56 Å². The molecule has 142 valence electrons. The van der Waals surface area contributed by atoms with Crippen LogP contribution < -0.4 is 15.4 Å². The molecule has 2 N–H and O–H groups in total. The molecule has 3 rings (SSSR count). The van der Waals surface area contributed by atoms with Crippen LogP contribution in [0.3, 0.4) is 0 Å². The largest absolute Gasteiger partial charge is 0.473 e. The molecule has 0 aliphatic carbocycles. The van der Waals surface area contributed by atoms with E-state index in [4.69, 9.17) is 4.74 Å². The second-order valence-corrected chi connectivity index (χ2v) is 7.18. The number of aromatic nitrogens is 2. The van der Waals surface area contributed by atoms with E-state index in [9.17, 15) is 4.79 Å². The van der Waals surface area contributed by atoms with Crippen LogP contribution in [0, 0.1) is 0 Å². The van der Waals surface area contributed by atoms with E-state index in [1.54, 1.807) is 4.68 Å². The van der Waals surface area contributed by atoms with Crippen LogP contribution in [0.1, 0.15) is 39.2 Å². The average Bonchev–Trinajstić information content (AvgIpc) is 2.90. The van der Waals surface area contributed by atoms with Crippen molar-refractivity contribution in [2.45, 2.75) is 39.7 Å². The molecular formula is C21H26N4O2. The molecule has 0 aliphatic rings. The zero-order valence-electron chi connectivity index (χ0n) is 16.4. The van der Waals surface area contributed by atoms with Crippen molar-refractivity contribution in [3.8, 4) is 5.88 Å². The lowest BCUT2D eigenvalue weighted by Gasteiger charge is -2.10. The van der Waals surface area contributed by atoms with Gasteiger partial charge in [-0.15, -0.1) is 5.10 Å². The predicted molar refractivity (Wildman–Crippen MR) is 110 cm³/mol. The number of anilines is 2. The topological polar surface area (TPSA) is 68.2 Å². The summed E-state index contributed by atoms with van der Waals surface area (Å²) in [5.74, 6) is 1.03. The molecule has 0 atom stereocenters. The van der Waals surface area contributed by atoms with E-state index in [0.29, 0.717) is 17.5 Å². The second-order valence-electron chi connectivity index (χ2n) is 7.18. The van der Waals surface area contributed by atoms with Crippen LogP contribution in [0.2, 0.25) is 0 Å². The Morgan fingerprint density at radius 1 is 1.00 bits per heavy atom. The number of aryl methyl sites for hydroxylation is 1. The van der Waals surface area contributed by atoms with Gasteiger partial charge in [0, 0.05) is 18.4 Å². The third-order valence-corrected chi connectivity index (χ3v) is 4.26. The van der Waals surface area contributed by atoms with Crippen molar-refractivity contribution in [3.63, 3.8) is 0 Å². The molecule has 0 radical (unpaired) electrons. The summed E-state index contributed by atoms with van der Waals surface area (Å²) in [6.45, 7) is 8.20. The van der Waals surface area contributed by atoms with Crippen LogP contribution in [-0.2, 0) is 7.05 Å². The van der Waals surface area contributed by atoms with Gasteiger partial charge in [-0.1, -0.05) is 26.0 Å². The van der Waals surface area contributed by atoms with Gasteiger partial charge in [-0.25, -0.2) is 4.79 Å². The highest BCUT2D eigenvalue weighted by Crippen LogP contribution is 2.28. The number of fused-ring (bicyclic) bond motifs is 1. The van der Waals surface area contributed by atoms with Crippen molar-refractivity contribution < 1.29 is 9.53 Å². The van der Waals surface area contributed by atoms with Crippen molar-refractivity contribution in [1.82, 2.24) is 9.78 Å². The summed E-state index contributed by atoms with van der Waals surface area (Å²) in [5.41, 5.74) is 3.62. The molecule has 6 nitrogen and oxygen atoms in total. The normalized spacial score (nSPS) is 11.2. The SMILES string of the molecule is CC(C)Oc1nn(C)c2ccc(NC(=O)Nc3ccc(C(C)C)cc3)cc12. The van der Waals surface area contributed by atoms with E-state index in [1.807, 2.05) is 63.4 Å². The molecule has 3 aromatic rings. The fourth-order valence-electron chi connectivity index (χ4n) is 2.87. The Kier molecular flexibility index (Phi) is 5.35. The van der Waals surface area contributed by atoms with Gasteiger partial charge in [-0.3, -0.25) is 4.68 Å². The fraction of sp³-hybridized carbons (Fsp3) is 0.333. The third-order valence-electron chi connectivity index (χ3n) is 4.26. The first-order valence-corrected chi connectivity index (χ1v) is 9.15. The molecule has 1 heterocycles. The molecule has 2 amide bonds. The summed E-state index contributed by atoms with van der Waals surface area (Å²) < 4.78 is 7.55. The summed E-state index contributed by atoms with van der Waals surface area (Å²) in [6, 6.07) is 13.2. The van der Waals surface area contributed by atoms with Crippen molar-refractivity contribution in [2.75, 3.05) is 10.6 Å². The Morgan fingerprint density at radius 3 is 2.26 bits per heavy atom. The summed E-state index contributed by atoms with van der Waals surface area (Å²) in [5, 5.41) is 11.0. The number of hydrogen-bond acceptors (Lipinski definition) is 3. The van der Waals surface area contributed by atoms with Crippen LogP contribution in [0.15, 0.2) is 42.5 Å². The van der Waals surface area contributed by atoms with E-state index in [0.717, 1.165) is 16.6 Å². The van der Waals surface area contributed by atoms with E-state index in [-0.39, 0.29) is 12.1 Å². The number of benzene rings is 2. The zero-order chi connectivity index (χ0) is 19.6. The van der Waals surface area contributed by atoms with Gasteiger partial charge < -0.3 is 15.4 Å². The highest BCUT2D eigenvalue weighted by atomic mass is 16.5. The lowest BCUT2D eigenvalue weighted by atomic mass is 10.0. The maximum Gasteiger partial charge on any atom is 0.323 e. The molecule has 0 unspecified atom stereocenters. The number of ether oxygens (including phenoxy) is 1. The first-order chi connectivity index (χ1) is 12.8. The van der Waals surface area contributed by atoms with Crippen molar-refractivity contribution in [1.29, 1.82) is 0 Å². The second kappa shape index (κ2) is 7.70. The van der Waals surface area contributed by atoms with Gasteiger partial charge in [-0.2, -0.15) is 0 Å². The number of carbonyl (C=O) groups excluding carboxylic acids is 1. The minimum absolute atomic E-state index is 0.0248. The van der Waals surface area contributed by atoms with Crippen LogP contribution in [0.25, 0.3) is 10.9 Å². The summed E-state index contributed by atoms with van der Waals surface area (Å²) >= 11 is 0. The molecule has 0 bridgehead atoms. The molecule has 0 aliphatic heterocycles. The molecule has 2 aromatic carbocycles. The molecule has 1 aromatic heterocycles. The number of nitrogens with zero attached hydrogens (tertiary/aromatic N) is 2. The van der Waals surface area contributed by atoms with Crippen LogP contribution >= 0.6 is 0 Å². The van der Waals surface area contributed by atoms with Gasteiger partial charge in [0.2, 0.25) is 5.88 Å². The molecule has 27 heavy (non-hydrogen) atoms. The predicted octanol–water partition coefficient (Wildman–Crippen LogP) is 5.13. The number of urea groups is 1. The van der Waals surface area contributed by atoms with Gasteiger partial charge in [0.15, 0.2) is 0 Å². The van der Waals surface area contributed by atoms with Crippen LogP contribution in [0.5, 0.6) is 5.88 Å². The van der Waals surface area contributed by atoms with Crippen molar-refractivity contribution in [2.24, 2.45) is 7.05 Å². The summed E-state index contributed by atoms with van der Waals surface area (Å²) in [4.78, 5) is 12.3. The third kappa shape index (κ3) is 4.39. The monoisotopic (exact) mass is 366 g/mol. The summed E-state index contributed by atoms with van der Waals surface area (Å²) in [7, 11) is 1.87. The van der Waals surface area contributed by atoms with E-state index in [2.05, 4.69) is 29.6 Å². The first kappa shape index (κ1) is 18.8. The summed E-state index contributed by atoms with van der Waals surface area (Å²) in [6.07, 6.45) is 0.0248. The standard InChI is InChI=1S/C21H26N4O2/c1-13(2)15-6-8-16(9-7-15)22-21(26)23-17-10-11-19-18(12-17)20(24-25(19)5)27-14(3)4/h6-14H,1-5H3,(H2,22,23,26). The Labute approximate surface area is 159 Å². The lowest BCUT2D eigenvalue weighted by Crippen LogP contribution is -2.19. The van der Waals surface area contributed by atoms with Gasteiger partial charge in [0.1, 0.15) is 0 Å². The van der Waals surface area contributed by atoms with Crippen molar-refractivity contribution in [3.05, 3.63) is 48.0 Å². The Morgan fingerprint density at radius 2 is 1.63 bits per heavy atom. The number of nitrogens with one attached hydrogen (secondary N) is 2. The lowest BCUT2D eigenvalue weighted by molar-refractivity contribution is 0.233. The molecule has 0 saturated heterocycles. The Hall–Kier alpha value is -3.02. The van der Waals surface area contributed by atoms with E-state index < -0.39 is 0 Å². The van der Waals surface area contributed by atoms with E-state index >= 15 is 0 Å². The van der Waals surface area contributed by atoms with Crippen LogP contribution in [0.4, 0.5) is 16.2 Å². The minimum Gasteiger partial charge on any atom is -0.473 e. The quantitative estimate of drug-likeness (QED) is 0.658. The smallest absolute Gasteiger partial charge is 0.323 e. The molecule has 0 saturated carbocycles. The maximum atomic E-state index is 12.3. The zero-order valence-corrected chi connectivity index (χ0v) is 16.4. The molecule has 0 fully saturated rings. The number of hydrogen-bond donors (Lipinski definition) is 2. The maximum absolute atomic E-state index is 12.3. The molecular weight excluding hydrogens is 340 g/mol.